The molecule has 0 saturated carbocycles. The molecule has 0 fully saturated rings. The number of ether oxygens (including phenoxy) is 1. The zero-order valence-corrected chi connectivity index (χ0v) is 10.2. The highest BCUT2D eigenvalue weighted by Gasteiger charge is 2.05. The molecule has 0 saturated heterocycles. The van der Waals surface area contributed by atoms with E-state index in [2.05, 4.69) is 10.6 Å². The fourth-order valence-corrected chi connectivity index (χ4v) is 1.34. The second-order valence-electron chi connectivity index (χ2n) is 3.23. The Bertz CT molecular complexity index is 371. The van der Waals surface area contributed by atoms with Crippen molar-refractivity contribution in [2.75, 3.05) is 19.0 Å². The highest BCUT2D eigenvalue weighted by molar-refractivity contribution is 7.80. The minimum atomic E-state index is -0.360. The molecule has 0 radical (unpaired) electrons. The lowest BCUT2D eigenvalue weighted by Gasteiger charge is -2.11. The maximum absolute atomic E-state index is 13.4. The number of methoxy groups -OCH3 is 1. The van der Waals surface area contributed by atoms with Gasteiger partial charge < -0.3 is 15.4 Å². The molecule has 0 spiro atoms. The van der Waals surface area contributed by atoms with E-state index in [1.807, 2.05) is 6.92 Å². The zero-order chi connectivity index (χ0) is 12.0. The smallest absolute Gasteiger partial charge is 0.170 e. The lowest BCUT2D eigenvalue weighted by molar-refractivity contribution is 0.414. The van der Waals surface area contributed by atoms with E-state index in [4.69, 9.17) is 17.0 Å². The van der Waals surface area contributed by atoms with Gasteiger partial charge in [0, 0.05) is 12.6 Å². The standard InChI is InChI=1S/C11H15FN2OS/c1-3-6-13-11(16)14-10-7-8(15-2)4-5-9(10)12/h4-5,7H,3,6H2,1-2H3,(H2,13,14,16). The number of hydrogen-bond donors (Lipinski definition) is 2. The van der Waals surface area contributed by atoms with Crippen LogP contribution in [0.5, 0.6) is 5.75 Å². The first-order chi connectivity index (χ1) is 7.67. The molecule has 0 aliphatic carbocycles. The van der Waals surface area contributed by atoms with Crippen LogP contribution in [0.4, 0.5) is 10.1 Å². The summed E-state index contributed by atoms with van der Waals surface area (Å²) in [7, 11) is 1.53. The number of halogens is 1. The van der Waals surface area contributed by atoms with E-state index in [1.165, 1.54) is 13.2 Å². The van der Waals surface area contributed by atoms with Crippen LogP contribution in [-0.2, 0) is 0 Å². The lowest BCUT2D eigenvalue weighted by Crippen LogP contribution is -2.29. The van der Waals surface area contributed by atoms with Crippen LogP contribution in [0.2, 0.25) is 0 Å². The molecule has 1 rings (SSSR count). The molecule has 0 aliphatic rings. The maximum Gasteiger partial charge on any atom is 0.170 e. The van der Waals surface area contributed by atoms with E-state index >= 15 is 0 Å². The summed E-state index contributed by atoms with van der Waals surface area (Å²) in [5, 5.41) is 6.15. The lowest BCUT2D eigenvalue weighted by atomic mass is 10.3. The second kappa shape index (κ2) is 6.27. The van der Waals surface area contributed by atoms with E-state index < -0.39 is 0 Å². The van der Waals surface area contributed by atoms with Crippen LogP contribution in [0.1, 0.15) is 13.3 Å². The normalized spacial score (nSPS) is 9.69. The molecular formula is C11H15FN2OS. The number of nitrogens with one attached hydrogen (secondary N) is 2. The average molecular weight is 242 g/mol. The molecule has 16 heavy (non-hydrogen) atoms. The Morgan fingerprint density at radius 1 is 1.50 bits per heavy atom. The molecule has 88 valence electrons. The van der Waals surface area contributed by atoms with Gasteiger partial charge in [0.15, 0.2) is 5.11 Å². The van der Waals surface area contributed by atoms with Gasteiger partial charge in [-0.25, -0.2) is 4.39 Å². The molecule has 0 heterocycles. The summed E-state index contributed by atoms with van der Waals surface area (Å²) in [5.74, 6) is 0.226. The number of benzene rings is 1. The number of anilines is 1. The van der Waals surface area contributed by atoms with Crippen LogP contribution in [0.15, 0.2) is 18.2 Å². The molecule has 2 N–H and O–H groups in total. The molecular weight excluding hydrogens is 227 g/mol. The van der Waals surface area contributed by atoms with Crippen LogP contribution in [0.25, 0.3) is 0 Å². The Balaban J connectivity index is 2.68. The third-order valence-corrected chi connectivity index (χ3v) is 2.20. The molecule has 0 bridgehead atoms. The van der Waals surface area contributed by atoms with Gasteiger partial charge in [0.2, 0.25) is 0 Å². The van der Waals surface area contributed by atoms with Gasteiger partial charge in [-0.3, -0.25) is 0 Å². The van der Waals surface area contributed by atoms with Crippen molar-refractivity contribution in [2.45, 2.75) is 13.3 Å². The highest BCUT2D eigenvalue weighted by Crippen LogP contribution is 2.20. The van der Waals surface area contributed by atoms with Gasteiger partial charge in [0.1, 0.15) is 11.6 Å². The molecule has 1 aromatic rings. The summed E-state index contributed by atoms with van der Waals surface area (Å²) in [5.41, 5.74) is 0.313. The number of hydrogen-bond acceptors (Lipinski definition) is 2. The summed E-state index contributed by atoms with van der Waals surface area (Å²) >= 11 is 5.01. The van der Waals surface area contributed by atoms with E-state index in [9.17, 15) is 4.39 Å². The molecule has 0 atom stereocenters. The third-order valence-electron chi connectivity index (χ3n) is 1.96. The van der Waals surface area contributed by atoms with Crippen molar-refractivity contribution < 1.29 is 9.13 Å². The van der Waals surface area contributed by atoms with Gasteiger partial charge in [0.25, 0.3) is 0 Å². The highest BCUT2D eigenvalue weighted by atomic mass is 32.1. The zero-order valence-electron chi connectivity index (χ0n) is 9.34. The van der Waals surface area contributed by atoms with E-state index in [0.717, 1.165) is 13.0 Å². The van der Waals surface area contributed by atoms with E-state index in [0.29, 0.717) is 16.5 Å². The average Bonchev–Trinajstić information content (AvgIpc) is 2.29. The van der Waals surface area contributed by atoms with Crippen molar-refractivity contribution in [1.82, 2.24) is 5.32 Å². The Morgan fingerprint density at radius 2 is 2.25 bits per heavy atom. The van der Waals surface area contributed by atoms with Crippen molar-refractivity contribution in [3.05, 3.63) is 24.0 Å². The molecule has 3 nitrogen and oxygen atoms in total. The monoisotopic (exact) mass is 242 g/mol. The molecule has 0 aromatic heterocycles. The van der Waals surface area contributed by atoms with Crippen LogP contribution < -0.4 is 15.4 Å². The first-order valence-corrected chi connectivity index (χ1v) is 5.46. The Morgan fingerprint density at radius 3 is 2.88 bits per heavy atom. The van der Waals surface area contributed by atoms with Crippen molar-refractivity contribution in [1.29, 1.82) is 0 Å². The van der Waals surface area contributed by atoms with Crippen LogP contribution >= 0.6 is 12.2 Å². The first kappa shape index (κ1) is 12.7. The van der Waals surface area contributed by atoms with Gasteiger partial charge >= 0.3 is 0 Å². The summed E-state index contributed by atoms with van der Waals surface area (Å²) in [6, 6.07) is 4.46. The fraction of sp³-hybridized carbons (Fsp3) is 0.364. The quantitative estimate of drug-likeness (QED) is 0.795. The number of rotatable bonds is 4. The molecule has 5 heteroatoms. The Hall–Kier alpha value is -1.36. The van der Waals surface area contributed by atoms with E-state index in [1.54, 1.807) is 12.1 Å². The van der Waals surface area contributed by atoms with Crippen molar-refractivity contribution >= 4 is 23.0 Å². The summed E-state index contributed by atoms with van der Waals surface area (Å²) in [4.78, 5) is 0. The van der Waals surface area contributed by atoms with Crippen LogP contribution in [0, 0.1) is 5.82 Å². The summed E-state index contributed by atoms with van der Waals surface area (Å²) in [6.07, 6.45) is 0.961. The Kier molecular flexibility index (Phi) is 4.98. The van der Waals surface area contributed by atoms with Crippen LogP contribution in [0.3, 0.4) is 0 Å². The van der Waals surface area contributed by atoms with Gasteiger partial charge in [0.05, 0.1) is 12.8 Å². The summed E-state index contributed by atoms with van der Waals surface area (Å²) < 4.78 is 18.4. The number of thiocarbonyl (C=S) groups is 1. The minimum absolute atomic E-state index is 0.313. The first-order valence-electron chi connectivity index (χ1n) is 5.05. The predicted octanol–water partition coefficient (Wildman–Crippen LogP) is 2.53. The molecule has 0 unspecified atom stereocenters. The van der Waals surface area contributed by atoms with Crippen molar-refractivity contribution in [2.24, 2.45) is 0 Å². The summed E-state index contributed by atoms with van der Waals surface area (Å²) in [6.45, 7) is 2.79. The predicted molar refractivity (Wildman–Crippen MR) is 67.5 cm³/mol. The van der Waals surface area contributed by atoms with E-state index in [-0.39, 0.29) is 5.82 Å². The van der Waals surface area contributed by atoms with Crippen molar-refractivity contribution in [3.8, 4) is 5.75 Å². The fourth-order valence-electron chi connectivity index (χ4n) is 1.13. The van der Waals surface area contributed by atoms with Crippen LogP contribution in [-0.4, -0.2) is 18.8 Å². The molecule has 0 amide bonds. The SMILES string of the molecule is CCCNC(=S)Nc1cc(OC)ccc1F. The van der Waals surface area contributed by atoms with Crippen molar-refractivity contribution in [3.63, 3.8) is 0 Å². The van der Waals surface area contributed by atoms with Gasteiger partial charge in [-0.2, -0.15) is 0 Å². The van der Waals surface area contributed by atoms with Gasteiger partial charge in [-0.15, -0.1) is 0 Å². The third kappa shape index (κ3) is 3.66. The Labute approximate surface area is 100.0 Å². The second-order valence-corrected chi connectivity index (χ2v) is 3.63. The topological polar surface area (TPSA) is 33.3 Å². The maximum atomic E-state index is 13.4. The molecule has 1 aromatic carbocycles. The van der Waals surface area contributed by atoms with Gasteiger partial charge in [-0.1, -0.05) is 6.92 Å². The van der Waals surface area contributed by atoms with Gasteiger partial charge in [-0.05, 0) is 30.8 Å². The largest absolute Gasteiger partial charge is 0.497 e. The minimum Gasteiger partial charge on any atom is -0.497 e. The molecule has 0 aliphatic heterocycles.